The van der Waals surface area contributed by atoms with Gasteiger partial charge in [-0.2, -0.15) is 0 Å². The van der Waals surface area contributed by atoms with Crippen LogP contribution in [-0.4, -0.2) is 18.4 Å². The van der Waals surface area contributed by atoms with E-state index in [1.54, 1.807) is 12.1 Å². The van der Waals surface area contributed by atoms with Gasteiger partial charge in [0.2, 0.25) is 0 Å². The molecule has 0 saturated carbocycles. The van der Waals surface area contributed by atoms with Crippen LogP contribution in [0.3, 0.4) is 0 Å². The maximum atomic E-state index is 12.4. The molecule has 1 amide bonds. The van der Waals surface area contributed by atoms with E-state index in [4.69, 9.17) is 16.3 Å². The van der Waals surface area contributed by atoms with E-state index in [0.717, 1.165) is 5.56 Å². The number of rotatable bonds is 6. The molecule has 4 heteroatoms. The molecule has 2 rings (SSSR count). The first-order chi connectivity index (χ1) is 10.3. The molecule has 0 aromatic heterocycles. The molecular weight excluding hydrogens is 286 g/mol. The molecule has 1 atom stereocenters. The summed E-state index contributed by atoms with van der Waals surface area (Å²) < 4.78 is 5.49. The van der Waals surface area contributed by atoms with Crippen LogP contribution in [0.25, 0.3) is 0 Å². The van der Waals surface area contributed by atoms with E-state index in [0.29, 0.717) is 23.8 Å². The van der Waals surface area contributed by atoms with Gasteiger partial charge in [-0.05, 0) is 24.6 Å². The molecule has 0 fully saturated rings. The van der Waals surface area contributed by atoms with Crippen molar-refractivity contribution in [2.24, 2.45) is 0 Å². The molecule has 0 aliphatic carbocycles. The van der Waals surface area contributed by atoms with E-state index in [1.165, 1.54) is 0 Å². The number of benzene rings is 2. The molecule has 1 unspecified atom stereocenters. The van der Waals surface area contributed by atoms with E-state index >= 15 is 0 Å². The van der Waals surface area contributed by atoms with Crippen molar-refractivity contribution in [3.8, 4) is 5.75 Å². The van der Waals surface area contributed by atoms with Gasteiger partial charge in [0, 0.05) is 5.88 Å². The monoisotopic (exact) mass is 303 g/mol. The summed E-state index contributed by atoms with van der Waals surface area (Å²) in [5, 5.41) is 2.95. The predicted octanol–water partition coefficient (Wildman–Crippen LogP) is 3.80. The first kappa shape index (κ1) is 15.4. The molecule has 0 aliphatic heterocycles. The lowest BCUT2D eigenvalue weighted by Gasteiger charge is -2.17. The Morgan fingerprint density at radius 2 is 1.81 bits per heavy atom. The molecule has 3 nitrogen and oxygen atoms in total. The summed E-state index contributed by atoms with van der Waals surface area (Å²) in [6, 6.07) is 16.6. The highest BCUT2D eigenvalue weighted by Crippen LogP contribution is 2.20. The first-order valence-corrected chi connectivity index (χ1v) is 7.43. The summed E-state index contributed by atoms with van der Waals surface area (Å²) >= 11 is 5.99. The molecule has 21 heavy (non-hydrogen) atoms. The number of carbonyl (C=O) groups excluding carboxylic acids is 1. The summed E-state index contributed by atoms with van der Waals surface area (Å²) in [6.07, 6.45) is 0. The molecule has 0 aliphatic rings. The first-order valence-electron chi connectivity index (χ1n) is 6.89. The van der Waals surface area contributed by atoms with E-state index in [2.05, 4.69) is 5.32 Å². The Kier molecular flexibility index (Phi) is 5.64. The minimum atomic E-state index is -0.227. The largest absolute Gasteiger partial charge is 0.493 e. The van der Waals surface area contributed by atoms with Gasteiger partial charge in [-0.25, -0.2) is 0 Å². The van der Waals surface area contributed by atoms with Gasteiger partial charge in [0.15, 0.2) is 0 Å². The molecule has 0 spiro atoms. The van der Waals surface area contributed by atoms with E-state index in [1.807, 2.05) is 49.4 Å². The van der Waals surface area contributed by atoms with Gasteiger partial charge in [-0.3, -0.25) is 4.79 Å². The fourth-order valence-corrected chi connectivity index (χ4v) is 2.32. The molecule has 110 valence electrons. The van der Waals surface area contributed by atoms with Crippen LogP contribution in [-0.2, 0) is 0 Å². The number of amides is 1. The Morgan fingerprint density at radius 1 is 1.14 bits per heavy atom. The molecule has 0 heterocycles. The fraction of sp³-hybridized carbons (Fsp3) is 0.235. The van der Waals surface area contributed by atoms with Gasteiger partial charge >= 0.3 is 0 Å². The van der Waals surface area contributed by atoms with E-state index < -0.39 is 0 Å². The molecule has 0 saturated heterocycles. The van der Waals surface area contributed by atoms with Crippen molar-refractivity contribution in [1.82, 2.24) is 5.32 Å². The van der Waals surface area contributed by atoms with Crippen LogP contribution in [0.15, 0.2) is 54.6 Å². The van der Waals surface area contributed by atoms with Gasteiger partial charge in [-0.1, -0.05) is 42.5 Å². The van der Waals surface area contributed by atoms with E-state index in [-0.39, 0.29) is 11.9 Å². The molecule has 2 aromatic carbocycles. The van der Waals surface area contributed by atoms with Gasteiger partial charge in [0.05, 0.1) is 18.2 Å². The standard InChI is InChI=1S/C17H18ClNO2/c1-2-21-16-11-7-6-10-14(16)17(20)19-15(12-18)13-8-4-3-5-9-13/h3-11,15H,2,12H2,1H3,(H,19,20). The summed E-state index contributed by atoms with van der Waals surface area (Å²) in [4.78, 5) is 12.4. The number of ether oxygens (including phenoxy) is 1. The molecular formula is C17H18ClNO2. The summed E-state index contributed by atoms with van der Waals surface area (Å²) in [7, 11) is 0. The Hall–Kier alpha value is -2.00. The maximum Gasteiger partial charge on any atom is 0.255 e. The lowest BCUT2D eigenvalue weighted by atomic mass is 10.1. The van der Waals surface area contributed by atoms with Crippen molar-refractivity contribution in [2.75, 3.05) is 12.5 Å². The average Bonchev–Trinajstić information content (AvgIpc) is 2.54. The third kappa shape index (κ3) is 3.99. The number of para-hydroxylation sites is 1. The number of alkyl halides is 1. The van der Waals surface area contributed by atoms with Crippen LogP contribution in [0.4, 0.5) is 0 Å². The zero-order valence-electron chi connectivity index (χ0n) is 11.9. The van der Waals surface area contributed by atoms with Crippen LogP contribution >= 0.6 is 11.6 Å². The SMILES string of the molecule is CCOc1ccccc1C(=O)NC(CCl)c1ccccc1. The average molecular weight is 304 g/mol. The smallest absolute Gasteiger partial charge is 0.255 e. The summed E-state index contributed by atoms with van der Waals surface area (Å²) in [5.74, 6) is 0.708. The zero-order chi connectivity index (χ0) is 15.1. The number of hydrogen-bond donors (Lipinski definition) is 1. The second-order valence-electron chi connectivity index (χ2n) is 4.52. The molecule has 1 N–H and O–H groups in total. The molecule has 0 radical (unpaired) electrons. The Labute approximate surface area is 129 Å². The quantitative estimate of drug-likeness (QED) is 0.824. The van der Waals surface area contributed by atoms with Crippen LogP contribution < -0.4 is 10.1 Å². The van der Waals surface area contributed by atoms with Crippen molar-refractivity contribution < 1.29 is 9.53 Å². The normalized spacial score (nSPS) is 11.7. The van der Waals surface area contributed by atoms with Crippen molar-refractivity contribution in [3.05, 3.63) is 65.7 Å². The second kappa shape index (κ2) is 7.70. The van der Waals surface area contributed by atoms with Crippen molar-refractivity contribution in [2.45, 2.75) is 13.0 Å². The predicted molar refractivity (Wildman–Crippen MR) is 85.0 cm³/mol. The Balaban J connectivity index is 2.17. The van der Waals surface area contributed by atoms with Gasteiger partial charge in [-0.15, -0.1) is 11.6 Å². The third-order valence-corrected chi connectivity index (χ3v) is 3.40. The molecule has 0 bridgehead atoms. The Morgan fingerprint density at radius 3 is 2.48 bits per heavy atom. The van der Waals surface area contributed by atoms with Crippen molar-refractivity contribution in [3.63, 3.8) is 0 Å². The second-order valence-corrected chi connectivity index (χ2v) is 4.83. The van der Waals surface area contributed by atoms with Gasteiger partial charge in [0.25, 0.3) is 5.91 Å². The topological polar surface area (TPSA) is 38.3 Å². The lowest BCUT2D eigenvalue weighted by molar-refractivity contribution is 0.0936. The van der Waals surface area contributed by atoms with Crippen LogP contribution in [0, 0.1) is 0 Å². The maximum absolute atomic E-state index is 12.4. The fourth-order valence-electron chi connectivity index (χ4n) is 2.07. The summed E-state index contributed by atoms with van der Waals surface area (Å²) in [5.41, 5.74) is 1.50. The van der Waals surface area contributed by atoms with Crippen molar-refractivity contribution in [1.29, 1.82) is 0 Å². The van der Waals surface area contributed by atoms with Crippen molar-refractivity contribution >= 4 is 17.5 Å². The van der Waals surface area contributed by atoms with Gasteiger partial charge < -0.3 is 10.1 Å². The van der Waals surface area contributed by atoms with Crippen LogP contribution in [0.1, 0.15) is 28.9 Å². The highest BCUT2D eigenvalue weighted by Gasteiger charge is 2.17. The number of halogens is 1. The summed E-state index contributed by atoms with van der Waals surface area (Å²) in [6.45, 7) is 2.40. The van der Waals surface area contributed by atoms with Crippen LogP contribution in [0.2, 0.25) is 0 Å². The van der Waals surface area contributed by atoms with E-state index in [9.17, 15) is 4.79 Å². The third-order valence-electron chi connectivity index (χ3n) is 3.09. The molecule has 2 aromatic rings. The number of nitrogens with one attached hydrogen (secondary N) is 1. The highest BCUT2D eigenvalue weighted by molar-refractivity contribution is 6.18. The minimum absolute atomic E-state index is 0.187. The minimum Gasteiger partial charge on any atom is -0.493 e. The highest BCUT2D eigenvalue weighted by atomic mass is 35.5. The number of carbonyl (C=O) groups is 1. The van der Waals surface area contributed by atoms with Gasteiger partial charge in [0.1, 0.15) is 5.75 Å². The number of hydrogen-bond acceptors (Lipinski definition) is 2. The lowest BCUT2D eigenvalue weighted by Crippen LogP contribution is -2.30. The van der Waals surface area contributed by atoms with Crippen LogP contribution in [0.5, 0.6) is 5.75 Å². The Bertz CT molecular complexity index is 586. The zero-order valence-corrected chi connectivity index (χ0v) is 12.6.